The van der Waals surface area contributed by atoms with E-state index in [0.717, 1.165) is 12.8 Å². The minimum atomic E-state index is -0.505. The first-order chi connectivity index (χ1) is 4.59. The van der Waals surface area contributed by atoms with Gasteiger partial charge in [0, 0.05) is 5.18 Å². The minimum absolute atomic E-state index is 0.401. The number of hydrogen-bond donors (Lipinski definition) is 0. The first-order valence-corrected chi connectivity index (χ1v) is 3.47. The van der Waals surface area contributed by atoms with Crippen LogP contribution in [0.15, 0.2) is 5.18 Å². The highest BCUT2D eigenvalue weighted by Crippen LogP contribution is 2.45. The Morgan fingerprint density at radius 3 is 2.30 bits per heavy atom. The van der Waals surface area contributed by atoms with Crippen LogP contribution in [-0.2, 0) is 4.79 Å². The highest BCUT2D eigenvalue weighted by molar-refractivity contribution is 5.83. The quantitative estimate of drug-likeness (QED) is 0.549. The third-order valence-electron chi connectivity index (χ3n) is 2.23. The highest BCUT2D eigenvalue weighted by atomic mass is 16.3. The summed E-state index contributed by atoms with van der Waals surface area (Å²) in [5.41, 5.74) is -0.498. The molecule has 0 unspecified atom stereocenters. The average Bonchev–Trinajstić information content (AvgIpc) is 2.66. The molecule has 10 heavy (non-hydrogen) atoms. The summed E-state index contributed by atoms with van der Waals surface area (Å²) in [4.78, 5) is 20.7. The van der Waals surface area contributed by atoms with E-state index in [4.69, 9.17) is 0 Å². The van der Waals surface area contributed by atoms with Gasteiger partial charge in [-0.15, -0.1) is 4.91 Å². The van der Waals surface area contributed by atoms with Gasteiger partial charge in [-0.05, 0) is 18.8 Å². The molecule has 0 radical (unpaired) electrons. The summed E-state index contributed by atoms with van der Waals surface area (Å²) >= 11 is 0. The number of carbonyl (C=O) groups excluding carboxylic acids is 1. The van der Waals surface area contributed by atoms with Gasteiger partial charge in [0.15, 0.2) is 0 Å². The zero-order valence-corrected chi connectivity index (χ0v) is 6.26. The summed E-state index contributed by atoms with van der Waals surface area (Å²) in [6.07, 6.45) is 2.13. The van der Waals surface area contributed by atoms with Crippen LogP contribution in [0.2, 0.25) is 0 Å². The van der Waals surface area contributed by atoms with Gasteiger partial charge in [0.05, 0.1) is 5.41 Å². The number of hydrogen-bond acceptors (Lipinski definition) is 2. The topological polar surface area (TPSA) is 46.5 Å². The SMILES string of the molecule is CC(C)(C(=O)N=O)C1CC1. The van der Waals surface area contributed by atoms with Crippen molar-refractivity contribution in [2.24, 2.45) is 16.5 Å². The molecule has 1 rings (SSSR count). The lowest BCUT2D eigenvalue weighted by Gasteiger charge is -2.16. The lowest BCUT2D eigenvalue weighted by atomic mass is 9.87. The zero-order valence-electron chi connectivity index (χ0n) is 6.26. The van der Waals surface area contributed by atoms with Crippen molar-refractivity contribution in [3.8, 4) is 0 Å². The molecule has 3 heteroatoms. The van der Waals surface area contributed by atoms with E-state index in [2.05, 4.69) is 5.18 Å². The molecule has 3 nitrogen and oxygen atoms in total. The Morgan fingerprint density at radius 2 is 2.00 bits per heavy atom. The van der Waals surface area contributed by atoms with E-state index in [1.807, 2.05) is 0 Å². The Balaban J connectivity index is 2.65. The van der Waals surface area contributed by atoms with Crippen LogP contribution in [0.5, 0.6) is 0 Å². The second kappa shape index (κ2) is 2.15. The van der Waals surface area contributed by atoms with E-state index in [1.165, 1.54) is 0 Å². The predicted molar refractivity (Wildman–Crippen MR) is 37.3 cm³/mol. The van der Waals surface area contributed by atoms with Crippen molar-refractivity contribution >= 4 is 5.91 Å². The predicted octanol–water partition coefficient (Wildman–Crippen LogP) is 1.72. The smallest absolute Gasteiger partial charge is 0.268 e. The van der Waals surface area contributed by atoms with Gasteiger partial charge in [0.2, 0.25) is 0 Å². The fraction of sp³-hybridized carbons (Fsp3) is 0.857. The van der Waals surface area contributed by atoms with Gasteiger partial charge in [0.1, 0.15) is 0 Å². The van der Waals surface area contributed by atoms with Crippen LogP contribution in [0, 0.1) is 16.2 Å². The summed E-state index contributed by atoms with van der Waals surface area (Å²) in [5.74, 6) is -0.104. The van der Waals surface area contributed by atoms with Crippen LogP contribution in [0.3, 0.4) is 0 Å². The number of amides is 1. The Kier molecular flexibility index (Phi) is 1.58. The maximum atomic E-state index is 10.8. The summed E-state index contributed by atoms with van der Waals surface area (Å²) < 4.78 is 0. The zero-order chi connectivity index (χ0) is 7.78. The van der Waals surface area contributed by atoms with E-state index in [1.54, 1.807) is 13.8 Å². The van der Waals surface area contributed by atoms with Crippen molar-refractivity contribution in [1.82, 2.24) is 0 Å². The molecular formula is C7H11NO2. The third-order valence-corrected chi connectivity index (χ3v) is 2.23. The van der Waals surface area contributed by atoms with E-state index in [0.29, 0.717) is 5.92 Å². The molecule has 0 spiro atoms. The first-order valence-electron chi connectivity index (χ1n) is 3.47. The molecular weight excluding hydrogens is 130 g/mol. The van der Waals surface area contributed by atoms with E-state index in [-0.39, 0.29) is 0 Å². The fourth-order valence-corrected chi connectivity index (χ4v) is 1.10. The van der Waals surface area contributed by atoms with Crippen LogP contribution < -0.4 is 0 Å². The van der Waals surface area contributed by atoms with Gasteiger partial charge >= 0.3 is 0 Å². The molecule has 1 aliphatic carbocycles. The maximum absolute atomic E-state index is 10.8. The van der Waals surface area contributed by atoms with Crippen molar-refractivity contribution in [3.63, 3.8) is 0 Å². The molecule has 0 heterocycles. The van der Waals surface area contributed by atoms with E-state index >= 15 is 0 Å². The lowest BCUT2D eigenvalue weighted by molar-refractivity contribution is -0.126. The molecule has 0 atom stereocenters. The summed E-state index contributed by atoms with van der Waals surface area (Å²) in [5, 5.41) is 2.43. The number of rotatable bonds is 2. The van der Waals surface area contributed by atoms with Crippen molar-refractivity contribution in [2.45, 2.75) is 26.7 Å². The van der Waals surface area contributed by atoms with Crippen molar-refractivity contribution < 1.29 is 4.79 Å². The van der Waals surface area contributed by atoms with Gasteiger partial charge in [-0.2, -0.15) is 0 Å². The maximum Gasteiger partial charge on any atom is 0.292 e. The van der Waals surface area contributed by atoms with Gasteiger partial charge in [-0.25, -0.2) is 0 Å². The van der Waals surface area contributed by atoms with E-state index in [9.17, 15) is 9.70 Å². The molecule has 0 aromatic carbocycles. The third kappa shape index (κ3) is 1.08. The highest BCUT2D eigenvalue weighted by Gasteiger charge is 2.43. The second-order valence-electron chi connectivity index (χ2n) is 3.39. The van der Waals surface area contributed by atoms with Gasteiger partial charge in [-0.1, -0.05) is 13.8 Å². The summed E-state index contributed by atoms with van der Waals surface area (Å²) in [7, 11) is 0. The molecule has 0 N–H and O–H groups in total. The van der Waals surface area contributed by atoms with E-state index < -0.39 is 11.3 Å². The molecule has 1 aliphatic rings. The average molecular weight is 141 g/mol. The normalized spacial score (nSPS) is 18.6. The Hall–Kier alpha value is -0.730. The molecule has 1 fully saturated rings. The molecule has 0 saturated heterocycles. The molecule has 0 aromatic rings. The largest absolute Gasteiger partial charge is 0.292 e. The van der Waals surface area contributed by atoms with Crippen LogP contribution in [0.4, 0.5) is 0 Å². The molecule has 0 aromatic heterocycles. The van der Waals surface area contributed by atoms with Crippen molar-refractivity contribution in [1.29, 1.82) is 0 Å². The second-order valence-corrected chi connectivity index (χ2v) is 3.39. The van der Waals surface area contributed by atoms with Crippen molar-refractivity contribution in [3.05, 3.63) is 4.91 Å². The Morgan fingerprint density at radius 1 is 1.50 bits per heavy atom. The van der Waals surface area contributed by atoms with Crippen LogP contribution >= 0.6 is 0 Å². The van der Waals surface area contributed by atoms with Gasteiger partial charge < -0.3 is 0 Å². The number of carbonyl (C=O) groups is 1. The summed E-state index contributed by atoms with van der Waals surface area (Å²) in [6, 6.07) is 0. The Bertz CT molecular complexity index is 170. The monoisotopic (exact) mass is 141 g/mol. The molecule has 0 aliphatic heterocycles. The standard InChI is InChI=1S/C7H11NO2/c1-7(2,5-3-4-5)6(9)8-10/h5H,3-4H2,1-2H3. The minimum Gasteiger partial charge on any atom is -0.268 e. The van der Waals surface area contributed by atoms with Gasteiger partial charge in [0.25, 0.3) is 5.91 Å². The number of nitrogens with zero attached hydrogens (tertiary/aromatic N) is 1. The molecule has 0 bridgehead atoms. The first kappa shape index (κ1) is 7.38. The molecule has 56 valence electrons. The Labute approximate surface area is 59.8 Å². The van der Waals surface area contributed by atoms with Crippen molar-refractivity contribution in [2.75, 3.05) is 0 Å². The molecule has 1 saturated carbocycles. The van der Waals surface area contributed by atoms with Crippen LogP contribution in [0.25, 0.3) is 0 Å². The number of nitroso groups, excluding NO2 is 1. The molecule has 1 amide bonds. The van der Waals surface area contributed by atoms with Crippen LogP contribution in [-0.4, -0.2) is 5.91 Å². The summed E-state index contributed by atoms with van der Waals surface area (Å²) in [6.45, 7) is 3.57. The lowest BCUT2D eigenvalue weighted by Crippen LogP contribution is -2.24. The van der Waals surface area contributed by atoms with Crippen LogP contribution in [0.1, 0.15) is 26.7 Å². The fourth-order valence-electron chi connectivity index (χ4n) is 1.10. The van der Waals surface area contributed by atoms with Gasteiger partial charge in [-0.3, -0.25) is 4.79 Å².